The Balaban J connectivity index is 1.89. The molecule has 4 heteroatoms. The summed E-state index contributed by atoms with van der Waals surface area (Å²) < 4.78 is 9.67. The van der Waals surface area contributed by atoms with Gasteiger partial charge < -0.3 is 10.1 Å². The third-order valence-corrected chi connectivity index (χ3v) is 3.58. The zero-order valence-electron chi connectivity index (χ0n) is 8.45. The average Bonchev–Trinajstić information content (AvgIpc) is 2.87. The molecule has 1 N–H and O–H groups in total. The third kappa shape index (κ3) is 2.07. The van der Waals surface area contributed by atoms with Crippen LogP contribution < -0.4 is 5.32 Å². The maximum absolute atomic E-state index is 5.62. The number of nitrogens with zero attached hydrogens (tertiary/aromatic N) is 1. The Morgan fingerprint density at radius 2 is 2.36 bits per heavy atom. The van der Waals surface area contributed by atoms with Crippen LogP contribution in [0.5, 0.6) is 0 Å². The van der Waals surface area contributed by atoms with Crippen molar-refractivity contribution in [3.8, 4) is 0 Å². The van der Waals surface area contributed by atoms with Crippen LogP contribution in [0.4, 0.5) is 5.69 Å². The molecule has 0 aliphatic heterocycles. The predicted octanol–water partition coefficient (Wildman–Crippen LogP) is 2.51. The average molecular weight is 212 g/mol. The van der Waals surface area contributed by atoms with Gasteiger partial charge in [-0.3, -0.25) is 0 Å². The largest absolute Gasteiger partial charge is 0.380 e. The monoisotopic (exact) mass is 212 g/mol. The van der Waals surface area contributed by atoms with Gasteiger partial charge in [0.1, 0.15) is 0 Å². The van der Waals surface area contributed by atoms with Gasteiger partial charge in [-0.25, -0.2) is 0 Å². The second-order valence-corrected chi connectivity index (χ2v) is 4.52. The van der Waals surface area contributed by atoms with Gasteiger partial charge in [0.2, 0.25) is 0 Å². The van der Waals surface area contributed by atoms with Gasteiger partial charge in [0.15, 0.2) is 0 Å². The van der Waals surface area contributed by atoms with E-state index in [1.165, 1.54) is 37.2 Å². The summed E-state index contributed by atoms with van der Waals surface area (Å²) >= 11 is 1.48. The summed E-state index contributed by atoms with van der Waals surface area (Å²) in [5.41, 5.74) is 1.18. The minimum Gasteiger partial charge on any atom is -0.380 e. The van der Waals surface area contributed by atoms with E-state index < -0.39 is 0 Å². The van der Waals surface area contributed by atoms with Gasteiger partial charge in [-0.15, -0.1) is 0 Å². The number of anilines is 1. The zero-order chi connectivity index (χ0) is 9.86. The summed E-state index contributed by atoms with van der Waals surface area (Å²) in [5, 5.41) is 5.41. The number of methoxy groups -OCH3 is 1. The summed E-state index contributed by atoms with van der Waals surface area (Å²) in [6.45, 7) is 0.905. The Morgan fingerprint density at radius 1 is 1.57 bits per heavy atom. The summed E-state index contributed by atoms with van der Waals surface area (Å²) in [4.78, 5) is 0. The van der Waals surface area contributed by atoms with Crippen molar-refractivity contribution in [1.82, 2.24) is 4.37 Å². The van der Waals surface area contributed by atoms with Gasteiger partial charge in [0.05, 0.1) is 17.5 Å². The maximum Gasteiger partial charge on any atom is 0.0850 e. The van der Waals surface area contributed by atoms with E-state index in [1.807, 2.05) is 18.7 Å². The van der Waals surface area contributed by atoms with Crippen molar-refractivity contribution in [3.05, 3.63) is 11.6 Å². The smallest absolute Gasteiger partial charge is 0.0850 e. The predicted molar refractivity (Wildman–Crippen MR) is 58.8 cm³/mol. The highest BCUT2D eigenvalue weighted by Crippen LogP contribution is 2.32. The lowest BCUT2D eigenvalue weighted by atomic mass is 10.0. The topological polar surface area (TPSA) is 34.1 Å². The Bertz CT molecular complexity index is 268. The van der Waals surface area contributed by atoms with E-state index in [4.69, 9.17) is 4.74 Å². The summed E-state index contributed by atoms with van der Waals surface area (Å²) in [6.07, 6.45) is 6.79. The first-order valence-electron chi connectivity index (χ1n) is 5.03. The number of ether oxygens (including phenoxy) is 1. The van der Waals surface area contributed by atoms with Crippen LogP contribution in [0.25, 0.3) is 0 Å². The number of hydrogen-bond donors (Lipinski definition) is 1. The van der Waals surface area contributed by atoms with E-state index in [0.717, 1.165) is 12.2 Å². The van der Waals surface area contributed by atoms with E-state index in [-0.39, 0.29) is 5.60 Å². The molecule has 0 bridgehead atoms. The van der Waals surface area contributed by atoms with Crippen LogP contribution in [-0.4, -0.2) is 23.6 Å². The van der Waals surface area contributed by atoms with E-state index in [1.54, 1.807) is 0 Å². The molecule has 1 aromatic rings. The molecule has 0 amide bonds. The molecule has 0 radical (unpaired) electrons. The molecule has 1 fully saturated rings. The van der Waals surface area contributed by atoms with Gasteiger partial charge in [0.25, 0.3) is 0 Å². The van der Waals surface area contributed by atoms with Gasteiger partial charge in [-0.05, 0) is 24.4 Å². The van der Waals surface area contributed by atoms with Gasteiger partial charge in [-0.2, -0.15) is 4.37 Å². The minimum absolute atomic E-state index is 0.0714. The molecule has 0 spiro atoms. The van der Waals surface area contributed by atoms with Crippen LogP contribution in [0.15, 0.2) is 11.6 Å². The Morgan fingerprint density at radius 3 is 2.93 bits per heavy atom. The Labute approximate surface area is 88.6 Å². The van der Waals surface area contributed by atoms with Crippen molar-refractivity contribution in [2.75, 3.05) is 19.0 Å². The Kier molecular flexibility index (Phi) is 3.03. The second kappa shape index (κ2) is 4.28. The molecule has 3 nitrogen and oxygen atoms in total. The van der Waals surface area contributed by atoms with Crippen LogP contribution >= 0.6 is 11.5 Å². The van der Waals surface area contributed by atoms with Crippen molar-refractivity contribution < 1.29 is 4.74 Å². The Hall–Kier alpha value is -0.610. The zero-order valence-corrected chi connectivity index (χ0v) is 9.27. The molecule has 1 saturated carbocycles. The third-order valence-electron chi connectivity index (χ3n) is 2.99. The molecule has 1 aliphatic carbocycles. The van der Waals surface area contributed by atoms with E-state index >= 15 is 0 Å². The number of hydrogen-bond acceptors (Lipinski definition) is 4. The first-order valence-corrected chi connectivity index (χ1v) is 5.87. The van der Waals surface area contributed by atoms with E-state index in [0.29, 0.717) is 0 Å². The fraction of sp³-hybridized carbons (Fsp3) is 0.700. The number of rotatable bonds is 4. The second-order valence-electron chi connectivity index (χ2n) is 3.86. The molecule has 1 aromatic heterocycles. The lowest BCUT2D eigenvalue weighted by Gasteiger charge is -2.27. The minimum atomic E-state index is 0.0714. The van der Waals surface area contributed by atoms with Crippen molar-refractivity contribution in [2.45, 2.75) is 31.3 Å². The van der Waals surface area contributed by atoms with Crippen molar-refractivity contribution in [3.63, 3.8) is 0 Å². The van der Waals surface area contributed by atoms with Gasteiger partial charge in [-0.1, -0.05) is 12.8 Å². The molecule has 0 unspecified atom stereocenters. The van der Waals surface area contributed by atoms with Crippen LogP contribution in [0.3, 0.4) is 0 Å². The molecular weight excluding hydrogens is 196 g/mol. The highest BCUT2D eigenvalue weighted by Gasteiger charge is 2.33. The molecule has 0 atom stereocenters. The number of nitrogens with one attached hydrogen (secondary N) is 1. The molecule has 1 aliphatic rings. The molecular formula is C10H16N2OS. The summed E-state index contributed by atoms with van der Waals surface area (Å²) in [6, 6.07) is 0. The van der Waals surface area contributed by atoms with E-state index in [2.05, 4.69) is 9.69 Å². The highest BCUT2D eigenvalue weighted by atomic mass is 32.1. The van der Waals surface area contributed by atoms with Gasteiger partial charge in [0, 0.05) is 19.0 Å². The molecule has 2 rings (SSSR count). The quantitative estimate of drug-likeness (QED) is 0.832. The van der Waals surface area contributed by atoms with Crippen molar-refractivity contribution in [1.29, 1.82) is 0 Å². The summed E-state index contributed by atoms with van der Waals surface area (Å²) in [7, 11) is 1.82. The molecule has 1 heterocycles. The highest BCUT2D eigenvalue weighted by molar-refractivity contribution is 7.04. The maximum atomic E-state index is 5.62. The van der Waals surface area contributed by atoms with Crippen LogP contribution in [0.1, 0.15) is 25.7 Å². The summed E-state index contributed by atoms with van der Waals surface area (Å²) in [5.74, 6) is 0. The normalized spacial score (nSPS) is 19.8. The SMILES string of the molecule is COC1(CNc2cnsc2)CCCC1. The molecule has 78 valence electrons. The first-order chi connectivity index (χ1) is 6.85. The number of aromatic nitrogens is 1. The fourth-order valence-electron chi connectivity index (χ4n) is 2.03. The van der Waals surface area contributed by atoms with Crippen LogP contribution in [0.2, 0.25) is 0 Å². The van der Waals surface area contributed by atoms with Gasteiger partial charge >= 0.3 is 0 Å². The molecule has 14 heavy (non-hydrogen) atoms. The lowest BCUT2D eigenvalue weighted by molar-refractivity contribution is 0.00743. The fourth-order valence-corrected chi connectivity index (χ4v) is 2.52. The standard InChI is InChI=1S/C10H16N2OS/c1-13-10(4-2-3-5-10)8-11-9-6-12-14-7-9/h6-7,11H,2-5,8H2,1H3. The van der Waals surface area contributed by atoms with Crippen molar-refractivity contribution in [2.24, 2.45) is 0 Å². The lowest BCUT2D eigenvalue weighted by Crippen LogP contribution is -2.35. The van der Waals surface area contributed by atoms with Crippen LogP contribution in [0, 0.1) is 0 Å². The molecule has 0 aromatic carbocycles. The first kappa shape index (κ1) is 9.93. The van der Waals surface area contributed by atoms with Crippen molar-refractivity contribution >= 4 is 17.2 Å². The van der Waals surface area contributed by atoms with E-state index in [9.17, 15) is 0 Å². The van der Waals surface area contributed by atoms with Crippen LogP contribution in [-0.2, 0) is 4.74 Å². The molecule has 0 saturated heterocycles.